The van der Waals surface area contributed by atoms with E-state index >= 15 is 0 Å². The van der Waals surface area contributed by atoms with Gasteiger partial charge in [0.2, 0.25) is 0 Å². The molecule has 0 spiro atoms. The molecule has 0 bridgehead atoms. The van der Waals surface area contributed by atoms with E-state index in [1.807, 2.05) is 0 Å². The lowest BCUT2D eigenvalue weighted by Gasteiger charge is -1.83. The molecule has 1 N–H and O–H groups in total. The van der Waals surface area contributed by atoms with Crippen LogP contribution in [0.1, 0.15) is 6.92 Å². The summed E-state index contributed by atoms with van der Waals surface area (Å²) in [7, 11) is 0. The second kappa shape index (κ2) is 3.19. The van der Waals surface area contributed by atoms with Crippen LogP contribution in [0.25, 0.3) is 0 Å². The van der Waals surface area contributed by atoms with Crippen LogP contribution in [0.3, 0.4) is 0 Å². The SMILES string of the molecule is C/C(=C\Cl)CO. The third-order valence-corrected chi connectivity index (χ3v) is 0.808. The van der Waals surface area contributed by atoms with Crippen molar-refractivity contribution in [3.05, 3.63) is 11.1 Å². The van der Waals surface area contributed by atoms with Gasteiger partial charge in [0, 0.05) is 5.54 Å². The number of hydrogen-bond acceptors (Lipinski definition) is 1. The number of aliphatic hydroxyl groups excluding tert-OH is 1. The molecule has 0 rings (SSSR count). The Morgan fingerprint density at radius 3 is 2.50 bits per heavy atom. The molecule has 0 aromatic carbocycles. The van der Waals surface area contributed by atoms with Crippen LogP contribution in [0, 0.1) is 0 Å². The summed E-state index contributed by atoms with van der Waals surface area (Å²) in [5.74, 6) is 0. The highest BCUT2D eigenvalue weighted by atomic mass is 35.5. The molecule has 1 nitrogen and oxygen atoms in total. The Hall–Kier alpha value is -0.0100. The standard InChI is InChI=1S/C4H7ClO/c1-4(2-5)3-6/h2,6H,3H2,1H3/b4-2+. The molecule has 0 aromatic rings. The average molecular weight is 107 g/mol. The van der Waals surface area contributed by atoms with Crippen molar-refractivity contribution in [3.8, 4) is 0 Å². The zero-order chi connectivity index (χ0) is 4.99. The first kappa shape index (κ1) is 5.99. The highest BCUT2D eigenvalue weighted by Gasteiger charge is 1.76. The number of halogens is 1. The van der Waals surface area contributed by atoms with Crippen molar-refractivity contribution >= 4 is 11.6 Å². The van der Waals surface area contributed by atoms with E-state index in [1.165, 1.54) is 5.54 Å². The predicted octanol–water partition coefficient (Wildman–Crippen LogP) is 1.12. The van der Waals surface area contributed by atoms with Crippen molar-refractivity contribution in [1.82, 2.24) is 0 Å². The highest BCUT2D eigenvalue weighted by Crippen LogP contribution is 1.89. The molecule has 36 valence electrons. The summed E-state index contributed by atoms with van der Waals surface area (Å²) in [6.45, 7) is 1.82. The summed E-state index contributed by atoms with van der Waals surface area (Å²) in [6, 6.07) is 0. The van der Waals surface area contributed by atoms with E-state index in [0.29, 0.717) is 0 Å². The Bertz CT molecular complexity index is 58.6. The van der Waals surface area contributed by atoms with E-state index in [1.54, 1.807) is 6.92 Å². The zero-order valence-corrected chi connectivity index (χ0v) is 4.37. The van der Waals surface area contributed by atoms with Crippen molar-refractivity contribution < 1.29 is 5.11 Å². The van der Waals surface area contributed by atoms with Crippen LogP contribution in [0.5, 0.6) is 0 Å². The fraction of sp³-hybridized carbons (Fsp3) is 0.500. The minimum absolute atomic E-state index is 0.0590. The molecule has 0 fully saturated rings. The van der Waals surface area contributed by atoms with Gasteiger partial charge in [-0.15, -0.1) is 0 Å². The monoisotopic (exact) mass is 106 g/mol. The fourth-order valence-corrected chi connectivity index (χ4v) is 0.104. The van der Waals surface area contributed by atoms with Gasteiger partial charge in [0.05, 0.1) is 6.61 Å². The Morgan fingerprint density at radius 1 is 2.00 bits per heavy atom. The largest absolute Gasteiger partial charge is 0.392 e. The van der Waals surface area contributed by atoms with Crippen LogP contribution in [-0.4, -0.2) is 11.7 Å². The highest BCUT2D eigenvalue weighted by molar-refractivity contribution is 6.25. The molecular weight excluding hydrogens is 99.5 g/mol. The maximum Gasteiger partial charge on any atom is 0.0650 e. The van der Waals surface area contributed by atoms with Crippen molar-refractivity contribution in [3.63, 3.8) is 0 Å². The van der Waals surface area contributed by atoms with Crippen LogP contribution in [0.4, 0.5) is 0 Å². The van der Waals surface area contributed by atoms with Gasteiger partial charge in [-0.05, 0) is 12.5 Å². The minimum Gasteiger partial charge on any atom is -0.392 e. The van der Waals surface area contributed by atoms with Gasteiger partial charge in [-0.3, -0.25) is 0 Å². The zero-order valence-electron chi connectivity index (χ0n) is 3.61. The average Bonchev–Trinajstić information content (AvgIpc) is 1.65. The van der Waals surface area contributed by atoms with E-state index in [0.717, 1.165) is 5.57 Å². The van der Waals surface area contributed by atoms with E-state index in [2.05, 4.69) is 0 Å². The number of aliphatic hydroxyl groups is 1. The summed E-state index contributed by atoms with van der Waals surface area (Å²) in [6.07, 6.45) is 0. The number of rotatable bonds is 1. The summed E-state index contributed by atoms with van der Waals surface area (Å²) in [5, 5.41) is 8.18. The van der Waals surface area contributed by atoms with Gasteiger partial charge in [-0.1, -0.05) is 11.6 Å². The quantitative estimate of drug-likeness (QED) is 0.531. The molecule has 6 heavy (non-hydrogen) atoms. The lowest BCUT2D eigenvalue weighted by Crippen LogP contribution is -1.78. The van der Waals surface area contributed by atoms with Crippen LogP contribution in [0.15, 0.2) is 11.1 Å². The minimum atomic E-state index is 0.0590. The second-order valence-corrected chi connectivity index (χ2v) is 1.33. The van der Waals surface area contributed by atoms with E-state index < -0.39 is 0 Å². The summed E-state index contributed by atoms with van der Waals surface area (Å²) in [5.41, 5.74) is 2.15. The predicted molar refractivity (Wildman–Crippen MR) is 26.7 cm³/mol. The van der Waals surface area contributed by atoms with Crippen LogP contribution in [-0.2, 0) is 0 Å². The Morgan fingerprint density at radius 2 is 2.50 bits per heavy atom. The summed E-state index contributed by atoms with van der Waals surface area (Å²) in [4.78, 5) is 0. The van der Waals surface area contributed by atoms with E-state index in [4.69, 9.17) is 16.7 Å². The van der Waals surface area contributed by atoms with Gasteiger partial charge >= 0.3 is 0 Å². The maximum atomic E-state index is 8.18. The van der Waals surface area contributed by atoms with Gasteiger partial charge in [0.15, 0.2) is 0 Å². The molecule has 0 aromatic heterocycles. The molecule has 0 aliphatic carbocycles. The number of hydrogen-bond donors (Lipinski definition) is 1. The molecule has 0 atom stereocenters. The molecule has 0 radical (unpaired) electrons. The van der Waals surface area contributed by atoms with Gasteiger partial charge in [0.1, 0.15) is 0 Å². The second-order valence-electron chi connectivity index (χ2n) is 1.11. The Balaban J connectivity index is 3.22. The molecule has 0 aliphatic heterocycles. The third kappa shape index (κ3) is 2.24. The van der Waals surface area contributed by atoms with Crippen LogP contribution in [0.2, 0.25) is 0 Å². The van der Waals surface area contributed by atoms with E-state index in [9.17, 15) is 0 Å². The lowest BCUT2D eigenvalue weighted by molar-refractivity contribution is 0.331. The van der Waals surface area contributed by atoms with Crippen molar-refractivity contribution in [2.24, 2.45) is 0 Å². The molecule has 0 unspecified atom stereocenters. The molecule has 0 amide bonds. The smallest absolute Gasteiger partial charge is 0.0650 e. The molecule has 2 heteroatoms. The van der Waals surface area contributed by atoms with Gasteiger partial charge in [-0.25, -0.2) is 0 Å². The van der Waals surface area contributed by atoms with Crippen molar-refractivity contribution in [2.45, 2.75) is 6.92 Å². The molecule has 0 heterocycles. The summed E-state index contributed by atoms with van der Waals surface area (Å²) >= 11 is 5.13. The first-order chi connectivity index (χ1) is 2.81. The van der Waals surface area contributed by atoms with Gasteiger partial charge < -0.3 is 5.11 Å². The Labute approximate surface area is 42.2 Å². The molecule has 0 saturated carbocycles. The van der Waals surface area contributed by atoms with Crippen molar-refractivity contribution in [2.75, 3.05) is 6.61 Å². The summed E-state index contributed by atoms with van der Waals surface area (Å²) < 4.78 is 0. The molecule has 0 aliphatic rings. The van der Waals surface area contributed by atoms with E-state index in [-0.39, 0.29) is 6.61 Å². The lowest BCUT2D eigenvalue weighted by atomic mass is 10.4. The first-order valence-corrected chi connectivity index (χ1v) is 2.11. The normalized spacial score (nSPS) is 12.2. The van der Waals surface area contributed by atoms with Gasteiger partial charge in [0.25, 0.3) is 0 Å². The van der Waals surface area contributed by atoms with Crippen molar-refractivity contribution in [1.29, 1.82) is 0 Å². The third-order valence-electron chi connectivity index (χ3n) is 0.436. The van der Waals surface area contributed by atoms with Crippen LogP contribution < -0.4 is 0 Å². The fourth-order valence-electron chi connectivity index (χ4n) is 0.0345. The first-order valence-electron chi connectivity index (χ1n) is 1.68. The Kier molecular flexibility index (Phi) is 3.19. The molecular formula is C4H7ClO. The topological polar surface area (TPSA) is 20.2 Å². The van der Waals surface area contributed by atoms with Crippen LogP contribution >= 0.6 is 11.6 Å². The van der Waals surface area contributed by atoms with Gasteiger partial charge in [-0.2, -0.15) is 0 Å². The molecule has 0 saturated heterocycles. The maximum absolute atomic E-state index is 8.18.